The molecule has 15 heterocycles. The molecule has 0 spiro atoms. The van der Waals surface area contributed by atoms with Gasteiger partial charge in [-0.1, -0.05) is 34.6 Å². The summed E-state index contributed by atoms with van der Waals surface area (Å²) in [5.74, 6) is -3.92. The van der Waals surface area contributed by atoms with Crippen molar-refractivity contribution in [1.82, 2.24) is 73.7 Å². The summed E-state index contributed by atoms with van der Waals surface area (Å²) in [6.07, 6.45) is 3.57. The van der Waals surface area contributed by atoms with Crippen LogP contribution in [0.5, 0.6) is 0 Å². The van der Waals surface area contributed by atoms with Crippen molar-refractivity contribution in [2.75, 3.05) is 44.5 Å². The number of aromatic amines is 2. The highest BCUT2D eigenvalue weighted by molar-refractivity contribution is 5.97. The lowest BCUT2D eigenvalue weighted by Crippen LogP contribution is -2.52. The molecule has 4 unspecified atom stereocenters. The van der Waals surface area contributed by atoms with Gasteiger partial charge in [0.2, 0.25) is 11.5 Å². The molecule has 5 fully saturated rings. The number of aliphatic hydroxyl groups excluding tert-OH is 10. The van der Waals surface area contributed by atoms with Gasteiger partial charge in [0, 0.05) is 29.6 Å². The minimum atomic E-state index is -2.48. The first-order chi connectivity index (χ1) is 48.3. The van der Waals surface area contributed by atoms with Gasteiger partial charge in [-0.25, -0.2) is 49.3 Å². The van der Waals surface area contributed by atoms with Gasteiger partial charge in [0.1, 0.15) is 103 Å². The van der Waals surface area contributed by atoms with Crippen molar-refractivity contribution >= 4 is 82.4 Å². The van der Waals surface area contributed by atoms with Crippen LogP contribution in [0.4, 0.5) is 16.2 Å². The van der Waals surface area contributed by atoms with Gasteiger partial charge in [0.25, 0.3) is 22.9 Å². The van der Waals surface area contributed by atoms with Crippen LogP contribution in [0.1, 0.15) is 74.1 Å². The van der Waals surface area contributed by atoms with E-state index in [1.54, 1.807) is 66.8 Å². The number of nitrogen functional groups attached to an aromatic ring is 2. The van der Waals surface area contributed by atoms with E-state index in [0.29, 0.717) is 22.8 Å². The molecule has 0 bridgehead atoms. The van der Waals surface area contributed by atoms with Gasteiger partial charge in [-0.15, -0.1) is 0 Å². The van der Waals surface area contributed by atoms with E-state index in [9.17, 15) is 70.0 Å². The number of H-pyrrole nitrogens is 2. The molecule has 24 atom stereocenters. The Bertz CT molecular complexity index is 4390. The lowest BCUT2D eigenvalue weighted by Gasteiger charge is -2.33. The molecular weight excluding hydrogens is 1350 g/mol. The number of alkyl halides is 1. The standard InChI is InChI=1S/C12H13N5O4.C12H17N5O4.C12H17N5O3.C12H18N4O4.C11H16FN5O3/c1-6-8(19)12(2-13,3-18)21-11(6)17-5-16-7-9(17)14-4-15-10(7)20;1-5-7(19)12(2,3-18)21-10(5)17-4-14-6-8(17)15-11(13)16-9(6)20;1-6-8(19)12(2,3-18)20-11(6)17-5-16-7-9(13)14-4-15-10(7)17;1-6-8(18)12(2,3-17)20-11(6)16-5-15-7-9(16)13-4-14-10(7)19;1-5-7(19)11(12,2-18)20-10(5)17-4-16-6-8(13)14-3-15-9(6)17/h4-6,8,11,18-19H,3H2,1H3,(H,14,15,20);4-5,7,10,18-19H,3H2,1-2H3,(H3,13,15,16,20);4-6,8,11,18-19H,3H2,1-2H3,(H2,13,14,15);4-9,11,17-18H,3H2,1-2H3,(H,13,14,19);3-7,9-10,18-19H,2H2,1H3,(H2,13,14,15)/t6-,8-,11+,12+;5-,7-,10+,12+;6-,8-,11+,12+;6-,7?,8-,9?,11+,12+;5-,6?,7-,9?,10+,11+/m00000/s1. The Hall–Kier alpha value is -9.11. The Morgan fingerprint density at radius 3 is 1.57 bits per heavy atom. The van der Waals surface area contributed by atoms with E-state index < -0.39 is 151 Å². The van der Waals surface area contributed by atoms with E-state index in [-0.39, 0.29) is 71.8 Å². The van der Waals surface area contributed by atoms with Crippen LogP contribution in [0.15, 0.2) is 66.2 Å². The molecule has 0 saturated carbocycles. The lowest BCUT2D eigenvalue weighted by atomic mass is 9.92. The van der Waals surface area contributed by atoms with Crippen molar-refractivity contribution < 1.29 is 83.9 Å². The summed E-state index contributed by atoms with van der Waals surface area (Å²) >= 11 is 0. The minimum Gasteiger partial charge on any atom is -0.393 e. The highest BCUT2D eigenvalue weighted by Crippen LogP contribution is 2.46. The van der Waals surface area contributed by atoms with Crippen LogP contribution in [0.2, 0.25) is 0 Å². The van der Waals surface area contributed by atoms with Gasteiger partial charge in [0.15, 0.2) is 52.2 Å². The summed E-state index contributed by atoms with van der Waals surface area (Å²) in [7, 11) is 0. The van der Waals surface area contributed by atoms with E-state index in [1.807, 2.05) is 19.9 Å². The molecule has 0 aromatic carbocycles. The zero-order valence-corrected chi connectivity index (χ0v) is 56.1. The second-order valence-electron chi connectivity index (χ2n) is 26.7. The number of aliphatic hydroxyl groups is 10. The van der Waals surface area contributed by atoms with Gasteiger partial charge in [0.05, 0.1) is 89.1 Å². The zero-order valence-electron chi connectivity index (χ0n) is 56.1. The Kier molecular flexibility index (Phi) is 20.5. The Balaban J connectivity index is 0.000000128. The Morgan fingerprint density at radius 2 is 1.04 bits per heavy atom. The molecule has 6 aromatic heterocycles. The number of nitrogens with zero attached hydrogens (tertiary/aromatic N) is 18. The fourth-order valence-electron chi connectivity index (χ4n) is 13.6. The minimum absolute atomic E-state index is 0.0228. The van der Waals surface area contributed by atoms with Crippen LogP contribution in [0.3, 0.4) is 0 Å². The third-order valence-corrected chi connectivity index (χ3v) is 19.9. The van der Waals surface area contributed by atoms with Crippen LogP contribution >= 0.6 is 0 Å². The first-order valence-electron chi connectivity index (χ1n) is 32.1. The highest BCUT2D eigenvalue weighted by Gasteiger charge is 2.59. The molecule has 15 rings (SSSR count). The number of carbonyl (C=O) groups excluding carboxylic acids is 1. The number of amides is 1. The third-order valence-electron chi connectivity index (χ3n) is 19.9. The second kappa shape index (κ2) is 28.3. The van der Waals surface area contributed by atoms with Gasteiger partial charge in [-0.2, -0.15) is 10.2 Å². The fraction of sp³-hybridized carbons (Fsp3) is 0.627. The lowest BCUT2D eigenvalue weighted by molar-refractivity contribution is -0.211. The molecule has 0 radical (unpaired) electrons. The maximum atomic E-state index is 14.2. The fourth-order valence-corrected chi connectivity index (χ4v) is 13.6. The van der Waals surface area contributed by atoms with Gasteiger partial charge < -0.3 is 112 Å². The van der Waals surface area contributed by atoms with E-state index in [1.165, 1.54) is 55.2 Å². The number of aromatic nitrogens is 12. The summed E-state index contributed by atoms with van der Waals surface area (Å²) in [6, 6.07) is 0.792. The monoisotopic (exact) mass is 1430 g/mol. The summed E-state index contributed by atoms with van der Waals surface area (Å²) in [6.45, 7) is 11.4. The SMILES string of the molecule is C[C@@H]1[C@H](N2C=NC3C(=O)NC=NC32)O[C@](C)(CO)[C@H]1O.C[C@@H]1[C@H](N2C=NC3C(N)=NC=NC32)O[C@](F)(CO)[C@H]1O.C[C@@H]1[C@H](n2cnc3c(=O)[nH]c(N)nc32)O[C@](C)(CO)[C@H]1O.C[C@@H]1[C@H](n2cnc3c(=O)[nH]cnc32)O[C@](C#N)(CO)[C@H]1O.C[C@@H]1[C@H](n2cnc3c(N)ncnc32)O[C@](C)(CO)[C@H]1O. The number of hydrogen-bond acceptors (Lipinski definition) is 36. The van der Waals surface area contributed by atoms with E-state index in [4.69, 9.17) is 46.0 Å². The number of fused-ring (bicyclic) bond motifs is 5. The summed E-state index contributed by atoms with van der Waals surface area (Å²) < 4.78 is 47.2. The van der Waals surface area contributed by atoms with Crippen LogP contribution in [-0.4, -0.2) is 285 Å². The molecule has 42 nitrogen and oxygen atoms in total. The van der Waals surface area contributed by atoms with Crippen LogP contribution in [0.25, 0.3) is 33.5 Å². The number of anilines is 2. The molecule has 0 aliphatic carbocycles. The number of rotatable bonds is 10. The molecule has 5 saturated heterocycles. The largest absolute Gasteiger partial charge is 0.393 e. The Morgan fingerprint density at radius 1 is 0.559 bits per heavy atom. The molecule has 19 N–H and O–H groups in total. The van der Waals surface area contributed by atoms with Gasteiger partial charge >= 0.3 is 0 Å². The van der Waals surface area contributed by atoms with Crippen molar-refractivity contribution in [3.05, 3.63) is 52.3 Å². The highest BCUT2D eigenvalue weighted by atomic mass is 19.2. The first-order valence-corrected chi connectivity index (χ1v) is 32.1. The molecular formula is C59H81FN24O18. The van der Waals surface area contributed by atoms with E-state index in [2.05, 4.69) is 75.1 Å². The maximum absolute atomic E-state index is 14.2. The Labute approximate surface area is 576 Å². The van der Waals surface area contributed by atoms with Crippen molar-refractivity contribution in [2.45, 2.75) is 170 Å². The van der Waals surface area contributed by atoms with Crippen LogP contribution in [0, 0.1) is 40.9 Å². The zero-order chi connectivity index (χ0) is 74.0. The van der Waals surface area contributed by atoms with Crippen LogP contribution in [-0.2, 0) is 28.5 Å². The predicted octanol–water partition coefficient (Wildman–Crippen LogP) is -5.71. The molecule has 6 aromatic rings. The topological polar surface area (TPSA) is 618 Å². The molecule has 102 heavy (non-hydrogen) atoms. The number of ether oxygens (including phenoxy) is 5. The predicted molar refractivity (Wildman–Crippen MR) is 352 cm³/mol. The molecule has 9 aliphatic rings. The number of amidine groups is 1. The second-order valence-corrected chi connectivity index (χ2v) is 26.7. The van der Waals surface area contributed by atoms with Crippen molar-refractivity contribution in [3.63, 3.8) is 0 Å². The summed E-state index contributed by atoms with van der Waals surface area (Å²) in [4.78, 5) is 92.1. The van der Waals surface area contributed by atoms with Crippen molar-refractivity contribution in [1.29, 1.82) is 5.26 Å². The summed E-state index contributed by atoms with van der Waals surface area (Å²) in [5.41, 5.74) is 13.3. The number of halogens is 1. The number of imidazole rings is 3. The van der Waals surface area contributed by atoms with Crippen LogP contribution < -0.4 is 33.6 Å². The average molecular weight is 1430 g/mol. The number of nitrogens with one attached hydrogen (secondary N) is 3. The number of nitriles is 1. The molecule has 43 heteroatoms. The van der Waals surface area contributed by atoms with Crippen molar-refractivity contribution in [2.24, 2.45) is 60.3 Å². The first kappa shape index (κ1) is 74.1. The number of hydrogen-bond donors (Lipinski definition) is 16. The normalized spacial score (nSPS) is 38.4. The van der Waals surface area contributed by atoms with Crippen molar-refractivity contribution in [3.8, 4) is 6.07 Å². The number of aliphatic imine (C=N–C) groups is 5. The molecule has 1 amide bonds. The maximum Gasteiger partial charge on any atom is 0.280 e. The number of nitrogens with two attached hydrogens (primary N) is 3. The average Bonchev–Trinajstić information content (AvgIpc) is 1.63. The van der Waals surface area contributed by atoms with E-state index >= 15 is 0 Å². The molecule has 9 aliphatic heterocycles. The number of carbonyl (C=O) groups is 1. The van der Waals surface area contributed by atoms with Gasteiger partial charge in [-0.3, -0.25) is 43.1 Å². The quantitative estimate of drug-likeness (QED) is 0.0608. The smallest absolute Gasteiger partial charge is 0.280 e. The third kappa shape index (κ3) is 12.7. The molecule has 552 valence electrons. The van der Waals surface area contributed by atoms with Gasteiger partial charge in [-0.05, 0) is 20.8 Å². The van der Waals surface area contributed by atoms with E-state index in [0.717, 1.165) is 0 Å². The summed E-state index contributed by atoms with van der Waals surface area (Å²) in [5, 5.41) is 109.